The van der Waals surface area contributed by atoms with Gasteiger partial charge in [0.25, 0.3) is 0 Å². The second-order valence-corrected chi connectivity index (χ2v) is 12.3. The lowest BCUT2D eigenvalue weighted by Crippen LogP contribution is -1.90. The Morgan fingerprint density at radius 1 is 0.412 bits per heavy atom. The van der Waals surface area contributed by atoms with Gasteiger partial charge in [-0.3, -0.25) is 0 Å². The van der Waals surface area contributed by atoms with E-state index in [0.717, 1.165) is 78.0 Å². The number of hydrogen-bond acceptors (Lipinski definition) is 4. The zero-order chi connectivity index (χ0) is 34.1. The SMILES string of the molecule is ON=NC1=Cc2nc1c(-c1ccccc1)c1ccc([nH]1)c(-c1ccccc1)c1nc(c(-c3ccccc3)c3ccc([nH]3)c2-c2ccccc2)C=C1. The first-order valence-corrected chi connectivity index (χ1v) is 16.7. The number of benzene rings is 4. The van der Waals surface area contributed by atoms with Crippen molar-refractivity contribution in [3.8, 4) is 44.5 Å². The van der Waals surface area contributed by atoms with Crippen molar-refractivity contribution in [2.45, 2.75) is 0 Å². The topological polar surface area (TPSA) is 102 Å². The summed E-state index contributed by atoms with van der Waals surface area (Å²) in [5, 5.41) is 17.3. The zero-order valence-electron chi connectivity index (χ0n) is 27.3. The monoisotopic (exact) mass is 658 g/mol. The molecule has 242 valence electrons. The van der Waals surface area contributed by atoms with Crippen molar-refractivity contribution in [1.29, 1.82) is 0 Å². The molecule has 0 aliphatic carbocycles. The summed E-state index contributed by atoms with van der Waals surface area (Å²) in [6, 6.07) is 49.3. The fourth-order valence-corrected chi connectivity index (χ4v) is 7.02. The lowest BCUT2D eigenvalue weighted by molar-refractivity contribution is 0.289. The lowest BCUT2D eigenvalue weighted by Gasteiger charge is -2.07. The van der Waals surface area contributed by atoms with Gasteiger partial charge in [0.05, 0.1) is 17.1 Å². The van der Waals surface area contributed by atoms with E-state index < -0.39 is 0 Å². The fourth-order valence-electron chi connectivity index (χ4n) is 7.02. The summed E-state index contributed by atoms with van der Waals surface area (Å²) in [5.74, 6) is 0. The van der Waals surface area contributed by atoms with E-state index in [-0.39, 0.29) is 0 Å². The van der Waals surface area contributed by atoms with Crippen molar-refractivity contribution in [1.82, 2.24) is 19.9 Å². The molecular formula is C44H30N6O. The van der Waals surface area contributed by atoms with Gasteiger partial charge < -0.3 is 15.2 Å². The summed E-state index contributed by atoms with van der Waals surface area (Å²) in [5.41, 5.74) is 14.6. The Labute approximate surface area is 293 Å². The van der Waals surface area contributed by atoms with E-state index in [0.29, 0.717) is 17.1 Å². The lowest BCUT2D eigenvalue weighted by atomic mass is 10.0. The number of rotatable bonds is 5. The van der Waals surface area contributed by atoms with Crippen molar-refractivity contribution in [3.05, 3.63) is 168 Å². The van der Waals surface area contributed by atoms with Gasteiger partial charge in [0, 0.05) is 49.6 Å². The second kappa shape index (κ2) is 12.7. The van der Waals surface area contributed by atoms with E-state index in [1.165, 1.54) is 0 Å². The molecule has 7 nitrogen and oxygen atoms in total. The molecule has 5 heterocycles. The summed E-state index contributed by atoms with van der Waals surface area (Å²) in [6.07, 6.45) is 6.08. The molecule has 0 amide bonds. The van der Waals surface area contributed by atoms with Gasteiger partial charge >= 0.3 is 0 Å². The minimum atomic E-state index is 0.442. The molecule has 51 heavy (non-hydrogen) atoms. The highest BCUT2D eigenvalue weighted by Gasteiger charge is 2.22. The van der Waals surface area contributed by atoms with Crippen molar-refractivity contribution < 1.29 is 5.21 Å². The van der Waals surface area contributed by atoms with Crippen LogP contribution in [0.5, 0.6) is 0 Å². The summed E-state index contributed by atoms with van der Waals surface area (Å²) in [4.78, 5) is 18.1. The number of hydrogen-bond donors (Lipinski definition) is 3. The van der Waals surface area contributed by atoms with Gasteiger partial charge in [-0.15, -0.1) is 5.11 Å². The predicted octanol–water partition coefficient (Wildman–Crippen LogP) is 11.5. The molecular weight excluding hydrogens is 629 g/mol. The molecule has 7 heteroatoms. The summed E-state index contributed by atoms with van der Waals surface area (Å²) >= 11 is 0. The molecule has 3 N–H and O–H groups in total. The molecule has 0 atom stereocenters. The van der Waals surface area contributed by atoms with Gasteiger partial charge in [0.1, 0.15) is 11.4 Å². The highest BCUT2D eigenvalue weighted by atomic mass is 16.5. The molecule has 0 unspecified atom stereocenters. The standard InChI is InChI=1S/C44H30N6O/c51-50-49-39-27-38-42(30-17-9-3-10-18-30)36-24-23-34(46-36)40(28-13-5-1-6-14-28)32-21-22-33(45-32)41(29-15-7-2-8-16-29)35-25-26-37(47-35)43(44(39)48-38)31-19-11-4-12-20-31/h1-27,46-47H,(H,49,51). The van der Waals surface area contributed by atoms with Crippen LogP contribution in [0.1, 0.15) is 22.8 Å². The van der Waals surface area contributed by atoms with E-state index in [9.17, 15) is 5.21 Å². The number of H-pyrrole nitrogens is 2. The third kappa shape index (κ3) is 5.43. The summed E-state index contributed by atoms with van der Waals surface area (Å²) < 4.78 is 0. The van der Waals surface area contributed by atoms with Crippen LogP contribution in [-0.4, -0.2) is 25.1 Å². The number of nitrogens with one attached hydrogen (secondary N) is 2. The first-order chi connectivity index (χ1) is 25.2. The highest BCUT2D eigenvalue weighted by Crippen LogP contribution is 2.40. The Bertz CT molecular complexity index is 2670. The van der Waals surface area contributed by atoms with E-state index >= 15 is 0 Å². The predicted molar refractivity (Wildman–Crippen MR) is 206 cm³/mol. The summed E-state index contributed by atoms with van der Waals surface area (Å²) in [7, 11) is 0. The Morgan fingerprint density at radius 2 is 0.784 bits per heavy atom. The number of nitrogens with zero attached hydrogens (tertiary/aromatic N) is 4. The maximum Gasteiger partial charge on any atom is 0.117 e. The Balaban J connectivity index is 1.52. The highest BCUT2D eigenvalue weighted by molar-refractivity contribution is 6.01. The van der Waals surface area contributed by atoms with E-state index in [1.54, 1.807) is 0 Å². The van der Waals surface area contributed by atoms with Crippen LogP contribution in [0.2, 0.25) is 0 Å². The minimum Gasteiger partial charge on any atom is -0.394 e. The average Bonchev–Trinajstić information content (AvgIpc) is 4.01. The average molecular weight is 659 g/mol. The van der Waals surface area contributed by atoms with Crippen molar-refractivity contribution in [3.63, 3.8) is 0 Å². The molecule has 0 fully saturated rings. The van der Waals surface area contributed by atoms with Gasteiger partial charge in [-0.2, -0.15) is 0 Å². The van der Waals surface area contributed by atoms with Crippen molar-refractivity contribution in [2.24, 2.45) is 10.4 Å². The number of aromatic amines is 2. The third-order valence-corrected chi connectivity index (χ3v) is 9.25. The van der Waals surface area contributed by atoms with E-state index in [1.807, 2.05) is 78.9 Å². The molecule has 0 spiro atoms. The molecule has 7 aromatic rings. The Hall–Kier alpha value is -7.12. The smallest absolute Gasteiger partial charge is 0.117 e. The summed E-state index contributed by atoms with van der Waals surface area (Å²) in [6.45, 7) is 0. The van der Waals surface area contributed by atoms with Crippen LogP contribution in [0, 0.1) is 0 Å². The molecule has 0 saturated heterocycles. The van der Waals surface area contributed by atoms with Crippen LogP contribution in [0.15, 0.2) is 156 Å². The normalized spacial score (nSPS) is 12.4. The molecule has 4 aromatic carbocycles. The van der Waals surface area contributed by atoms with Crippen molar-refractivity contribution in [2.75, 3.05) is 0 Å². The van der Waals surface area contributed by atoms with Crippen LogP contribution in [0.4, 0.5) is 0 Å². The van der Waals surface area contributed by atoms with Crippen LogP contribution >= 0.6 is 0 Å². The fraction of sp³-hybridized carbons (Fsp3) is 0. The molecule has 3 aromatic heterocycles. The van der Waals surface area contributed by atoms with E-state index in [2.05, 4.69) is 105 Å². The Kier molecular flexibility index (Phi) is 7.48. The van der Waals surface area contributed by atoms with Crippen LogP contribution in [-0.2, 0) is 0 Å². The molecule has 9 rings (SSSR count). The van der Waals surface area contributed by atoms with E-state index in [4.69, 9.17) is 9.97 Å². The first kappa shape index (κ1) is 30.0. The molecule has 8 bridgehead atoms. The van der Waals surface area contributed by atoms with Crippen LogP contribution in [0.3, 0.4) is 0 Å². The number of fused-ring (bicyclic) bond motifs is 8. The maximum absolute atomic E-state index is 9.80. The molecule has 2 aliphatic rings. The van der Waals surface area contributed by atoms with Gasteiger partial charge in [-0.1, -0.05) is 121 Å². The zero-order valence-corrected chi connectivity index (χ0v) is 27.3. The quantitative estimate of drug-likeness (QED) is 0.127. The molecule has 2 aliphatic heterocycles. The third-order valence-electron chi connectivity index (χ3n) is 9.25. The van der Waals surface area contributed by atoms with Crippen LogP contribution < -0.4 is 0 Å². The maximum atomic E-state index is 9.80. The largest absolute Gasteiger partial charge is 0.394 e. The van der Waals surface area contributed by atoms with Gasteiger partial charge in [-0.05, 0) is 64.7 Å². The van der Waals surface area contributed by atoms with Crippen LogP contribution in [0.25, 0.3) is 90.5 Å². The number of aromatic nitrogens is 4. The van der Waals surface area contributed by atoms with Gasteiger partial charge in [-0.25, -0.2) is 9.97 Å². The molecule has 0 saturated carbocycles. The molecule has 0 radical (unpaired) electrons. The Morgan fingerprint density at radius 3 is 1.20 bits per heavy atom. The second-order valence-electron chi connectivity index (χ2n) is 12.3. The van der Waals surface area contributed by atoms with Gasteiger partial charge in [0.15, 0.2) is 0 Å². The van der Waals surface area contributed by atoms with Gasteiger partial charge in [0.2, 0.25) is 0 Å². The first-order valence-electron chi connectivity index (χ1n) is 16.7. The minimum absolute atomic E-state index is 0.442. The van der Waals surface area contributed by atoms with Crippen molar-refractivity contribution >= 4 is 46.0 Å².